The summed E-state index contributed by atoms with van der Waals surface area (Å²) >= 11 is 0. The van der Waals surface area contributed by atoms with Crippen LogP contribution in [0.4, 0.5) is 0 Å². The van der Waals surface area contributed by atoms with Crippen molar-refractivity contribution in [3.63, 3.8) is 0 Å². The molecule has 4 aromatic carbocycles. The largest absolute Gasteiger partial charge is 2.00 e. The monoisotopic (exact) mass is 716 g/mol. The van der Waals surface area contributed by atoms with Gasteiger partial charge in [-0.1, -0.05) is 59.7 Å². The van der Waals surface area contributed by atoms with Crippen molar-refractivity contribution in [2.24, 2.45) is 0 Å². The molecule has 0 saturated heterocycles. The van der Waals surface area contributed by atoms with Gasteiger partial charge in [-0.3, -0.25) is 12.2 Å². The molecule has 6 rings (SSSR count). The summed E-state index contributed by atoms with van der Waals surface area (Å²) in [6, 6.07) is 24.9. The van der Waals surface area contributed by atoms with E-state index in [4.69, 9.17) is 0 Å². The van der Waals surface area contributed by atoms with E-state index in [1.165, 1.54) is 48.5 Å². The SMILES string of the molecule is Cc1ccc(S(=O)(=O)c2ccccc2O)cc1.Cc1ccc(S(=O)(=O)c2ccccc2O)cc1.[C-]1=CC=CC1.[C-]1=CC=CC1.[Zr+2]. The van der Waals surface area contributed by atoms with Gasteiger partial charge in [-0.25, -0.2) is 41.1 Å². The van der Waals surface area contributed by atoms with Crippen LogP contribution < -0.4 is 0 Å². The van der Waals surface area contributed by atoms with Gasteiger partial charge in [0, 0.05) is 0 Å². The van der Waals surface area contributed by atoms with Crippen molar-refractivity contribution in [3.8, 4) is 11.5 Å². The van der Waals surface area contributed by atoms with E-state index in [2.05, 4.69) is 24.3 Å². The summed E-state index contributed by atoms with van der Waals surface area (Å²) in [5, 5.41) is 19.2. The van der Waals surface area contributed by atoms with Crippen molar-refractivity contribution < 1.29 is 53.3 Å². The summed E-state index contributed by atoms with van der Waals surface area (Å²) in [5.41, 5.74) is 1.97. The zero-order chi connectivity index (χ0) is 32.0. The van der Waals surface area contributed by atoms with Crippen LogP contribution in [0.2, 0.25) is 0 Å². The summed E-state index contributed by atoms with van der Waals surface area (Å²) in [7, 11) is -7.27. The molecule has 0 saturated carbocycles. The molecule has 0 aliphatic heterocycles. The standard InChI is InChI=1S/2C13H12O3S.2C5H5.Zr/c2*1-10-6-8-11(9-7-10)17(15,16)13-5-3-2-4-12(13)14;2*1-2-4-5-3-1;/h2*2-9,14H,1H3;2*1-3H,4H2;/q;;2*-1;+2. The van der Waals surface area contributed by atoms with Crippen LogP contribution in [0.25, 0.3) is 0 Å². The molecule has 0 heterocycles. The third kappa shape index (κ3) is 11.3. The van der Waals surface area contributed by atoms with Gasteiger partial charge in [0.05, 0.1) is 9.79 Å². The Labute approximate surface area is 285 Å². The zero-order valence-electron chi connectivity index (χ0n) is 25.0. The van der Waals surface area contributed by atoms with Crippen LogP contribution in [-0.2, 0) is 45.9 Å². The molecule has 0 amide bonds. The molecule has 0 spiro atoms. The maximum Gasteiger partial charge on any atom is 2.00 e. The Morgan fingerprint density at radius 2 is 0.867 bits per heavy atom. The van der Waals surface area contributed by atoms with Crippen LogP contribution in [0, 0.1) is 26.0 Å². The first-order valence-electron chi connectivity index (χ1n) is 13.7. The Hall–Kier alpha value is -3.78. The van der Waals surface area contributed by atoms with E-state index >= 15 is 0 Å². The summed E-state index contributed by atoms with van der Waals surface area (Å²) in [6.45, 7) is 3.77. The minimum atomic E-state index is -3.64. The molecule has 6 nitrogen and oxygen atoms in total. The van der Waals surface area contributed by atoms with Gasteiger partial charge < -0.3 is 10.2 Å². The molecular weight excluding hydrogens is 684 g/mol. The molecule has 4 aromatic rings. The number of aryl methyl sites for hydroxylation is 2. The van der Waals surface area contributed by atoms with E-state index < -0.39 is 19.7 Å². The average Bonchev–Trinajstić information content (AvgIpc) is 3.79. The van der Waals surface area contributed by atoms with Crippen molar-refractivity contribution in [1.82, 2.24) is 0 Å². The molecule has 0 fully saturated rings. The smallest absolute Gasteiger partial charge is 0.507 e. The average molecular weight is 718 g/mol. The molecule has 45 heavy (non-hydrogen) atoms. The van der Waals surface area contributed by atoms with Gasteiger partial charge in [-0.2, -0.15) is 12.2 Å². The number of aromatic hydroxyl groups is 2. The second-order valence-electron chi connectivity index (χ2n) is 9.57. The Kier molecular flexibility index (Phi) is 15.2. The Balaban J connectivity index is 0.000000235. The minimum Gasteiger partial charge on any atom is -0.507 e. The van der Waals surface area contributed by atoms with E-state index in [-0.39, 0.29) is 57.3 Å². The third-order valence-corrected chi connectivity index (χ3v) is 9.78. The van der Waals surface area contributed by atoms with Gasteiger partial charge in [-0.05, 0) is 62.4 Å². The molecule has 0 aromatic heterocycles. The van der Waals surface area contributed by atoms with Gasteiger partial charge in [-0.15, -0.1) is 12.8 Å². The van der Waals surface area contributed by atoms with Gasteiger partial charge in [0.25, 0.3) is 0 Å². The van der Waals surface area contributed by atoms with Crippen LogP contribution >= 0.6 is 0 Å². The molecular formula is C36H34O6S2Zr. The predicted octanol–water partition coefficient (Wildman–Crippen LogP) is 7.68. The number of benzene rings is 4. The quantitative estimate of drug-likeness (QED) is 0.210. The number of hydrogen-bond donors (Lipinski definition) is 2. The Morgan fingerprint density at radius 1 is 0.533 bits per heavy atom. The minimum absolute atomic E-state index is 0. The number of hydrogen-bond acceptors (Lipinski definition) is 6. The summed E-state index contributed by atoms with van der Waals surface area (Å²) in [5.74, 6) is -0.457. The second kappa shape index (κ2) is 18.3. The summed E-state index contributed by atoms with van der Waals surface area (Å²) in [6.07, 6.45) is 20.0. The van der Waals surface area contributed by atoms with Crippen LogP contribution in [0.5, 0.6) is 11.5 Å². The molecule has 0 radical (unpaired) electrons. The van der Waals surface area contributed by atoms with E-state index in [0.717, 1.165) is 24.0 Å². The first kappa shape index (κ1) is 37.4. The van der Waals surface area contributed by atoms with Gasteiger partial charge in [0.2, 0.25) is 19.7 Å². The number of phenols is 2. The van der Waals surface area contributed by atoms with Gasteiger partial charge in [0.1, 0.15) is 21.3 Å². The van der Waals surface area contributed by atoms with E-state index in [9.17, 15) is 27.0 Å². The maximum atomic E-state index is 12.2. The maximum absolute atomic E-state index is 12.2. The van der Waals surface area contributed by atoms with Crippen molar-refractivity contribution in [2.45, 2.75) is 46.3 Å². The molecule has 0 unspecified atom stereocenters. The van der Waals surface area contributed by atoms with Gasteiger partial charge >= 0.3 is 26.2 Å². The van der Waals surface area contributed by atoms with Crippen LogP contribution in [0.1, 0.15) is 24.0 Å². The Morgan fingerprint density at radius 3 is 1.11 bits per heavy atom. The number of rotatable bonds is 4. The van der Waals surface area contributed by atoms with Crippen LogP contribution in [-0.4, -0.2) is 27.0 Å². The first-order valence-corrected chi connectivity index (χ1v) is 16.6. The first-order chi connectivity index (χ1) is 21.0. The second-order valence-corrected chi connectivity index (χ2v) is 13.4. The molecule has 0 bridgehead atoms. The predicted molar refractivity (Wildman–Crippen MR) is 173 cm³/mol. The van der Waals surface area contributed by atoms with E-state index in [1.807, 2.05) is 38.2 Å². The zero-order valence-corrected chi connectivity index (χ0v) is 29.1. The molecule has 0 atom stereocenters. The number of para-hydroxylation sites is 2. The molecule has 230 valence electrons. The molecule has 2 N–H and O–H groups in total. The Bertz CT molecular complexity index is 1700. The number of phenolic OH excluding ortho intramolecular Hbond substituents is 2. The van der Waals surface area contributed by atoms with Gasteiger partial charge in [0.15, 0.2) is 0 Å². The fourth-order valence-electron chi connectivity index (χ4n) is 3.74. The molecule has 2 aliphatic rings. The molecule has 2 aliphatic carbocycles. The third-order valence-electron chi connectivity index (χ3n) is 6.14. The van der Waals surface area contributed by atoms with E-state index in [0.29, 0.717) is 0 Å². The summed E-state index contributed by atoms with van der Waals surface area (Å²) in [4.78, 5) is 0.238. The topological polar surface area (TPSA) is 109 Å². The van der Waals surface area contributed by atoms with Crippen molar-refractivity contribution in [3.05, 3.63) is 157 Å². The van der Waals surface area contributed by atoms with Crippen molar-refractivity contribution >= 4 is 19.7 Å². The molecule has 9 heteroatoms. The number of allylic oxidation sites excluding steroid dienone is 8. The van der Waals surface area contributed by atoms with Crippen LogP contribution in [0.15, 0.2) is 153 Å². The van der Waals surface area contributed by atoms with Crippen LogP contribution in [0.3, 0.4) is 0 Å². The van der Waals surface area contributed by atoms with E-state index in [1.54, 1.807) is 48.5 Å². The summed E-state index contributed by atoms with van der Waals surface area (Å²) < 4.78 is 48.8. The number of sulfone groups is 2. The fourth-order valence-corrected chi connectivity index (χ4v) is 6.44. The van der Waals surface area contributed by atoms with Crippen molar-refractivity contribution in [2.75, 3.05) is 0 Å². The fraction of sp³-hybridized carbons (Fsp3) is 0.111. The normalized spacial score (nSPS) is 12.5. The van der Waals surface area contributed by atoms with Crippen molar-refractivity contribution in [1.29, 1.82) is 0 Å².